The van der Waals surface area contributed by atoms with E-state index in [-0.39, 0.29) is 17.6 Å². The van der Waals surface area contributed by atoms with Gasteiger partial charge in [0.05, 0.1) is 17.1 Å². The van der Waals surface area contributed by atoms with Crippen LogP contribution in [0.2, 0.25) is 0 Å². The second-order valence-electron chi connectivity index (χ2n) is 10.4. The van der Waals surface area contributed by atoms with Gasteiger partial charge in [0.15, 0.2) is 16.1 Å². The number of amidine groups is 1. The fraction of sp³-hybridized carbons (Fsp3) is 0.258. The fourth-order valence-electron chi connectivity index (χ4n) is 4.65. The Morgan fingerprint density at radius 2 is 1.91 bits per heavy atom. The largest absolute Gasteiger partial charge is 0.573 e. The van der Waals surface area contributed by atoms with Crippen LogP contribution >= 0.6 is 24.0 Å². The standard InChI is InChI=1S/C31H29F3N6O2S2/c1-19(2)25-15-20(3)7-12-26(25)40-27(41)17-44-30(40)37-29(43)35-14-13-21-5-4-6-22(16-21)28-36-18-39(38-28)23-8-10-24(11-9-23)42-31(32,33)34/h4-12,15-16,18-19H,13-14,17H2,1-3H3,(H,35,43)/b37-30-. The number of nitrogens with zero attached hydrogens (tertiary/aromatic N) is 5. The quantitative estimate of drug-likeness (QED) is 0.212. The van der Waals surface area contributed by atoms with Crippen molar-refractivity contribution in [2.45, 2.75) is 39.5 Å². The summed E-state index contributed by atoms with van der Waals surface area (Å²) >= 11 is 6.87. The Kier molecular flexibility index (Phi) is 9.35. The number of aromatic nitrogens is 3. The first-order valence-electron chi connectivity index (χ1n) is 13.8. The number of amides is 1. The first kappa shape index (κ1) is 31.2. The van der Waals surface area contributed by atoms with E-state index in [9.17, 15) is 18.0 Å². The van der Waals surface area contributed by atoms with Crippen molar-refractivity contribution in [3.63, 3.8) is 0 Å². The Bertz CT molecular complexity index is 1700. The molecule has 44 heavy (non-hydrogen) atoms. The van der Waals surface area contributed by atoms with Crippen LogP contribution in [0, 0.1) is 6.92 Å². The molecule has 0 unspecified atom stereocenters. The second-order valence-corrected chi connectivity index (χ2v) is 11.7. The van der Waals surface area contributed by atoms with Gasteiger partial charge in [-0.15, -0.1) is 18.3 Å². The predicted octanol–water partition coefficient (Wildman–Crippen LogP) is 6.82. The number of nitrogens with one attached hydrogen (secondary N) is 1. The van der Waals surface area contributed by atoms with E-state index in [2.05, 4.69) is 45.0 Å². The summed E-state index contributed by atoms with van der Waals surface area (Å²) in [7, 11) is 0. The molecular weight excluding hydrogens is 610 g/mol. The molecule has 1 aromatic heterocycles. The van der Waals surface area contributed by atoms with Crippen molar-refractivity contribution in [2.24, 2.45) is 4.99 Å². The molecule has 8 nitrogen and oxygen atoms in total. The minimum absolute atomic E-state index is 0.0253. The number of anilines is 1. The zero-order valence-electron chi connectivity index (χ0n) is 24.1. The number of hydrogen-bond donors (Lipinski definition) is 1. The van der Waals surface area contributed by atoms with E-state index in [0.29, 0.717) is 40.5 Å². The number of thioether (sulfide) groups is 1. The summed E-state index contributed by atoms with van der Waals surface area (Å²) in [5.74, 6) is 0.678. The first-order chi connectivity index (χ1) is 21.0. The Morgan fingerprint density at radius 1 is 1.14 bits per heavy atom. The summed E-state index contributed by atoms with van der Waals surface area (Å²) in [6, 6.07) is 19.2. The van der Waals surface area contributed by atoms with Crippen molar-refractivity contribution < 1.29 is 22.7 Å². The van der Waals surface area contributed by atoms with Crippen LogP contribution in [0.3, 0.4) is 0 Å². The topological polar surface area (TPSA) is 84.6 Å². The van der Waals surface area contributed by atoms with Gasteiger partial charge in [-0.05, 0) is 79.0 Å². The van der Waals surface area contributed by atoms with Crippen LogP contribution in [-0.2, 0) is 11.2 Å². The van der Waals surface area contributed by atoms with Gasteiger partial charge in [0.2, 0.25) is 5.91 Å². The van der Waals surface area contributed by atoms with E-state index >= 15 is 0 Å². The fourth-order valence-corrected chi connectivity index (χ4v) is 5.76. The lowest BCUT2D eigenvalue weighted by Gasteiger charge is -2.22. The predicted molar refractivity (Wildman–Crippen MR) is 170 cm³/mol. The Balaban J connectivity index is 1.21. The van der Waals surface area contributed by atoms with E-state index in [1.807, 2.05) is 43.3 Å². The van der Waals surface area contributed by atoms with E-state index in [1.54, 1.807) is 4.90 Å². The van der Waals surface area contributed by atoms with Gasteiger partial charge < -0.3 is 10.1 Å². The number of alkyl halides is 3. The van der Waals surface area contributed by atoms with Crippen LogP contribution < -0.4 is 15.0 Å². The molecule has 4 aromatic rings. The van der Waals surface area contributed by atoms with Crippen molar-refractivity contribution in [1.82, 2.24) is 20.1 Å². The Labute approximate surface area is 262 Å². The third kappa shape index (κ3) is 7.64. The SMILES string of the molecule is Cc1ccc(N2C(=O)CS/C2=N\C(=S)NCCc2cccc(-c3ncn(-c4ccc(OC(F)(F)F)cc4)n3)c2)c(C(C)C)c1. The van der Waals surface area contributed by atoms with Gasteiger partial charge in [-0.1, -0.05) is 61.5 Å². The molecule has 3 aromatic carbocycles. The highest BCUT2D eigenvalue weighted by Gasteiger charge is 2.32. The molecule has 0 spiro atoms. The molecule has 1 aliphatic rings. The molecule has 0 bridgehead atoms. The number of ether oxygens (including phenoxy) is 1. The highest BCUT2D eigenvalue weighted by Crippen LogP contribution is 2.34. The maximum atomic E-state index is 12.8. The van der Waals surface area contributed by atoms with Crippen LogP contribution in [-0.4, -0.2) is 49.6 Å². The number of carbonyl (C=O) groups excluding carboxylic acids is 1. The number of rotatable bonds is 8. The van der Waals surface area contributed by atoms with Crippen molar-refractivity contribution in [1.29, 1.82) is 0 Å². The summed E-state index contributed by atoms with van der Waals surface area (Å²) in [5.41, 5.74) is 5.40. The zero-order chi connectivity index (χ0) is 31.4. The maximum absolute atomic E-state index is 12.8. The number of thiocarbonyl (C=S) groups is 1. The monoisotopic (exact) mass is 638 g/mol. The van der Waals surface area contributed by atoms with Gasteiger partial charge in [0.1, 0.15) is 12.1 Å². The van der Waals surface area contributed by atoms with E-state index in [0.717, 1.165) is 27.9 Å². The highest BCUT2D eigenvalue weighted by molar-refractivity contribution is 8.15. The van der Waals surface area contributed by atoms with Gasteiger partial charge in [0, 0.05) is 12.1 Å². The molecule has 1 saturated heterocycles. The van der Waals surface area contributed by atoms with Gasteiger partial charge in [-0.25, -0.2) is 9.67 Å². The van der Waals surface area contributed by atoms with E-state index < -0.39 is 6.36 Å². The summed E-state index contributed by atoms with van der Waals surface area (Å²) in [6.07, 6.45) is -2.61. The average Bonchev–Trinajstić information content (AvgIpc) is 3.60. The lowest BCUT2D eigenvalue weighted by Crippen LogP contribution is -2.32. The maximum Gasteiger partial charge on any atom is 0.573 e. The molecular formula is C31H29F3N6O2S2. The molecule has 0 atom stereocenters. The Morgan fingerprint density at radius 3 is 2.64 bits per heavy atom. The molecule has 0 aliphatic carbocycles. The molecule has 5 rings (SSSR count). The molecule has 0 radical (unpaired) electrons. The van der Waals surface area contributed by atoms with Gasteiger partial charge in [-0.3, -0.25) is 9.69 Å². The molecule has 2 heterocycles. The van der Waals surface area contributed by atoms with Crippen molar-refractivity contribution >= 4 is 45.9 Å². The van der Waals surface area contributed by atoms with Gasteiger partial charge in [-0.2, -0.15) is 4.99 Å². The van der Waals surface area contributed by atoms with Crippen LogP contribution in [0.4, 0.5) is 18.9 Å². The highest BCUT2D eigenvalue weighted by atomic mass is 32.2. The first-order valence-corrected chi connectivity index (χ1v) is 15.2. The lowest BCUT2D eigenvalue weighted by atomic mass is 9.98. The number of benzene rings is 3. The summed E-state index contributed by atoms with van der Waals surface area (Å²) in [4.78, 5) is 23.4. The number of halogens is 3. The molecule has 1 amide bonds. The summed E-state index contributed by atoms with van der Waals surface area (Å²) in [5, 5.41) is 8.51. The van der Waals surface area contributed by atoms with E-state index in [1.165, 1.54) is 47.0 Å². The number of hydrogen-bond acceptors (Lipinski definition) is 6. The van der Waals surface area contributed by atoms with Crippen LogP contribution in [0.1, 0.15) is 36.5 Å². The smallest absolute Gasteiger partial charge is 0.406 e. The van der Waals surface area contributed by atoms with E-state index in [4.69, 9.17) is 12.2 Å². The minimum Gasteiger partial charge on any atom is -0.406 e. The molecule has 1 fully saturated rings. The number of carbonyl (C=O) groups is 1. The van der Waals surface area contributed by atoms with Crippen LogP contribution in [0.15, 0.2) is 78.0 Å². The average molecular weight is 639 g/mol. The van der Waals surface area contributed by atoms with Crippen LogP contribution in [0.5, 0.6) is 5.75 Å². The van der Waals surface area contributed by atoms with Crippen molar-refractivity contribution in [2.75, 3.05) is 17.2 Å². The van der Waals surface area contributed by atoms with Gasteiger partial charge >= 0.3 is 6.36 Å². The summed E-state index contributed by atoms with van der Waals surface area (Å²) < 4.78 is 42.7. The Hall–Kier alpha value is -4.23. The molecule has 228 valence electrons. The van der Waals surface area contributed by atoms with Crippen molar-refractivity contribution in [3.8, 4) is 22.8 Å². The molecule has 1 N–H and O–H groups in total. The van der Waals surface area contributed by atoms with Crippen molar-refractivity contribution in [3.05, 3.63) is 89.7 Å². The third-order valence-corrected chi connectivity index (χ3v) is 7.87. The summed E-state index contributed by atoms with van der Waals surface area (Å²) in [6.45, 7) is 6.76. The molecule has 0 saturated carbocycles. The molecule has 13 heteroatoms. The minimum atomic E-state index is -4.75. The van der Waals surface area contributed by atoms with Crippen LogP contribution in [0.25, 0.3) is 17.1 Å². The lowest BCUT2D eigenvalue weighted by molar-refractivity contribution is -0.274. The zero-order valence-corrected chi connectivity index (χ0v) is 25.8. The number of aliphatic imine (C=N–C) groups is 1. The molecule has 1 aliphatic heterocycles. The normalized spacial score (nSPS) is 14.5. The van der Waals surface area contributed by atoms with Gasteiger partial charge in [0.25, 0.3) is 0 Å². The second kappa shape index (κ2) is 13.2. The third-order valence-electron chi connectivity index (χ3n) is 6.71. The number of aryl methyl sites for hydroxylation is 1.